The van der Waals surface area contributed by atoms with Crippen LogP contribution < -0.4 is 0 Å². The Balaban J connectivity index is 2.46. The number of hydrogen-bond acceptors (Lipinski definition) is 2. The molecule has 2 nitrogen and oxygen atoms in total. The van der Waals surface area contributed by atoms with Gasteiger partial charge in [0, 0.05) is 23.7 Å². The molecule has 2 heteroatoms. The van der Waals surface area contributed by atoms with Gasteiger partial charge in [0.05, 0.1) is 0 Å². The second-order valence-electron chi connectivity index (χ2n) is 4.49. The van der Waals surface area contributed by atoms with Crippen LogP contribution in [0.2, 0.25) is 0 Å². The van der Waals surface area contributed by atoms with Gasteiger partial charge in [-0.15, -0.1) is 0 Å². The Labute approximate surface area is 85.4 Å². The maximum Gasteiger partial charge on any atom is 0.138 e. The van der Waals surface area contributed by atoms with Crippen LogP contribution >= 0.6 is 0 Å². The summed E-state index contributed by atoms with van der Waals surface area (Å²) in [6.45, 7) is 5.86. The molecule has 1 rings (SSSR count). The molecule has 0 atom stereocenters. The van der Waals surface area contributed by atoms with Gasteiger partial charge in [-0.25, -0.2) is 0 Å². The van der Waals surface area contributed by atoms with Gasteiger partial charge in [-0.05, 0) is 18.6 Å². The molecule has 0 aliphatic rings. The van der Waals surface area contributed by atoms with E-state index < -0.39 is 0 Å². The molecule has 1 aromatic heterocycles. The lowest BCUT2D eigenvalue weighted by Crippen LogP contribution is -2.20. The summed E-state index contributed by atoms with van der Waals surface area (Å²) >= 11 is 0. The Hall–Kier alpha value is -1.18. The predicted octanol–water partition coefficient (Wildman–Crippen LogP) is 2.63. The minimum Gasteiger partial charge on any atom is -0.299 e. The first-order valence-electron chi connectivity index (χ1n) is 4.93. The van der Waals surface area contributed by atoms with Crippen molar-refractivity contribution in [1.29, 1.82) is 0 Å². The molecule has 14 heavy (non-hydrogen) atoms. The SMILES string of the molecule is CC(C)(C)C(=O)CCc1ccccn1. The van der Waals surface area contributed by atoms with Crippen LogP contribution in [0.15, 0.2) is 24.4 Å². The normalized spacial score (nSPS) is 11.4. The van der Waals surface area contributed by atoms with Crippen molar-refractivity contribution in [2.24, 2.45) is 5.41 Å². The van der Waals surface area contributed by atoms with Gasteiger partial charge in [0.15, 0.2) is 0 Å². The van der Waals surface area contributed by atoms with Gasteiger partial charge >= 0.3 is 0 Å². The molecule has 0 aromatic carbocycles. The standard InChI is InChI=1S/C12H17NO/c1-12(2,3)11(14)8-7-10-6-4-5-9-13-10/h4-6,9H,7-8H2,1-3H3. The number of Topliss-reactive ketones (excluding diaryl/α,β-unsaturated/α-hetero) is 1. The van der Waals surface area contributed by atoms with E-state index in [9.17, 15) is 4.79 Å². The summed E-state index contributed by atoms with van der Waals surface area (Å²) in [5, 5.41) is 0. The highest BCUT2D eigenvalue weighted by Crippen LogP contribution is 2.17. The number of aryl methyl sites for hydroxylation is 1. The quantitative estimate of drug-likeness (QED) is 0.735. The van der Waals surface area contributed by atoms with Crippen molar-refractivity contribution in [1.82, 2.24) is 4.98 Å². The number of carbonyl (C=O) groups excluding carboxylic acids is 1. The zero-order valence-corrected chi connectivity index (χ0v) is 9.08. The molecule has 0 fully saturated rings. The fraction of sp³-hybridized carbons (Fsp3) is 0.500. The van der Waals surface area contributed by atoms with Crippen LogP contribution in [0.5, 0.6) is 0 Å². The summed E-state index contributed by atoms with van der Waals surface area (Å²) in [5.41, 5.74) is 0.763. The minimum absolute atomic E-state index is 0.227. The van der Waals surface area contributed by atoms with Crippen molar-refractivity contribution in [3.63, 3.8) is 0 Å². The Kier molecular flexibility index (Phi) is 3.39. The molecule has 0 N–H and O–H groups in total. The highest BCUT2D eigenvalue weighted by atomic mass is 16.1. The van der Waals surface area contributed by atoms with Crippen molar-refractivity contribution in [3.05, 3.63) is 30.1 Å². The van der Waals surface area contributed by atoms with Gasteiger partial charge in [-0.1, -0.05) is 26.8 Å². The van der Waals surface area contributed by atoms with Crippen molar-refractivity contribution in [2.45, 2.75) is 33.6 Å². The fourth-order valence-electron chi connectivity index (χ4n) is 1.16. The van der Waals surface area contributed by atoms with Gasteiger partial charge in [0.1, 0.15) is 5.78 Å². The molecule has 0 saturated carbocycles. The third-order valence-electron chi connectivity index (χ3n) is 2.17. The van der Waals surface area contributed by atoms with E-state index in [2.05, 4.69) is 4.98 Å². The van der Waals surface area contributed by atoms with Gasteiger partial charge < -0.3 is 0 Å². The highest BCUT2D eigenvalue weighted by molar-refractivity contribution is 5.83. The van der Waals surface area contributed by atoms with E-state index in [1.54, 1.807) is 6.20 Å². The second-order valence-corrected chi connectivity index (χ2v) is 4.49. The van der Waals surface area contributed by atoms with Gasteiger partial charge in [0.2, 0.25) is 0 Å². The van der Waals surface area contributed by atoms with Crippen LogP contribution in [0.3, 0.4) is 0 Å². The van der Waals surface area contributed by atoms with E-state index in [-0.39, 0.29) is 5.41 Å². The van der Waals surface area contributed by atoms with E-state index >= 15 is 0 Å². The van der Waals surface area contributed by atoms with Crippen LogP contribution in [-0.4, -0.2) is 10.8 Å². The molecule has 0 saturated heterocycles. The zero-order valence-electron chi connectivity index (χ0n) is 9.08. The molecule has 0 bridgehead atoms. The highest BCUT2D eigenvalue weighted by Gasteiger charge is 2.20. The number of nitrogens with zero attached hydrogens (tertiary/aromatic N) is 1. The molecule has 0 radical (unpaired) electrons. The Morgan fingerprint density at radius 3 is 2.57 bits per heavy atom. The third kappa shape index (κ3) is 3.29. The van der Waals surface area contributed by atoms with Gasteiger partial charge in [0.25, 0.3) is 0 Å². The lowest BCUT2D eigenvalue weighted by molar-refractivity contribution is -0.126. The van der Waals surface area contributed by atoms with Crippen LogP contribution in [0.1, 0.15) is 32.9 Å². The number of aromatic nitrogens is 1. The largest absolute Gasteiger partial charge is 0.299 e. The number of pyridine rings is 1. The van der Waals surface area contributed by atoms with Crippen molar-refractivity contribution in [2.75, 3.05) is 0 Å². The predicted molar refractivity (Wildman–Crippen MR) is 57.0 cm³/mol. The molecular weight excluding hydrogens is 174 g/mol. The van der Waals surface area contributed by atoms with Crippen LogP contribution in [0.4, 0.5) is 0 Å². The lowest BCUT2D eigenvalue weighted by Gasteiger charge is -2.15. The third-order valence-corrected chi connectivity index (χ3v) is 2.17. The summed E-state index contributed by atoms with van der Waals surface area (Å²) in [4.78, 5) is 15.8. The smallest absolute Gasteiger partial charge is 0.138 e. The van der Waals surface area contributed by atoms with E-state index in [0.717, 1.165) is 12.1 Å². The van der Waals surface area contributed by atoms with Crippen LogP contribution in [0, 0.1) is 5.41 Å². The first-order valence-corrected chi connectivity index (χ1v) is 4.93. The van der Waals surface area contributed by atoms with Crippen LogP contribution in [-0.2, 0) is 11.2 Å². The first kappa shape index (κ1) is 10.9. The fourth-order valence-corrected chi connectivity index (χ4v) is 1.16. The lowest BCUT2D eigenvalue weighted by atomic mass is 9.88. The molecule has 0 unspecified atom stereocenters. The van der Waals surface area contributed by atoms with E-state index in [1.807, 2.05) is 39.0 Å². The Morgan fingerprint density at radius 1 is 1.36 bits per heavy atom. The van der Waals surface area contributed by atoms with Gasteiger partial charge in [-0.3, -0.25) is 9.78 Å². The molecule has 0 amide bonds. The monoisotopic (exact) mass is 191 g/mol. The maximum absolute atomic E-state index is 11.6. The average molecular weight is 191 g/mol. The summed E-state index contributed by atoms with van der Waals surface area (Å²) in [7, 11) is 0. The minimum atomic E-state index is -0.227. The zero-order chi connectivity index (χ0) is 10.6. The average Bonchev–Trinajstić information content (AvgIpc) is 2.14. The summed E-state index contributed by atoms with van der Waals surface area (Å²) in [6.07, 6.45) is 3.09. The van der Waals surface area contributed by atoms with Crippen molar-refractivity contribution >= 4 is 5.78 Å². The molecular formula is C12H17NO. The van der Waals surface area contributed by atoms with Crippen molar-refractivity contribution in [3.8, 4) is 0 Å². The van der Waals surface area contributed by atoms with E-state index in [1.165, 1.54) is 0 Å². The Morgan fingerprint density at radius 2 is 2.07 bits per heavy atom. The van der Waals surface area contributed by atoms with Gasteiger partial charge in [-0.2, -0.15) is 0 Å². The summed E-state index contributed by atoms with van der Waals surface area (Å²) in [6, 6.07) is 5.79. The maximum atomic E-state index is 11.6. The van der Waals surface area contributed by atoms with E-state index in [0.29, 0.717) is 12.2 Å². The van der Waals surface area contributed by atoms with Crippen molar-refractivity contribution < 1.29 is 4.79 Å². The number of carbonyl (C=O) groups is 1. The Bertz CT molecular complexity index is 298. The summed E-state index contributed by atoms with van der Waals surface area (Å²) < 4.78 is 0. The molecule has 1 aromatic rings. The molecule has 0 spiro atoms. The van der Waals surface area contributed by atoms with E-state index in [4.69, 9.17) is 0 Å². The number of hydrogen-bond donors (Lipinski definition) is 0. The van der Waals surface area contributed by atoms with Crippen LogP contribution in [0.25, 0.3) is 0 Å². The first-order chi connectivity index (χ1) is 6.50. The molecule has 1 heterocycles. The second kappa shape index (κ2) is 4.36. The molecule has 76 valence electrons. The number of ketones is 1. The number of rotatable bonds is 3. The summed E-state index contributed by atoms with van der Waals surface area (Å²) in [5.74, 6) is 0.295. The topological polar surface area (TPSA) is 30.0 Å². The molecule has 0 aliphatic carbocycles. The molecule has 0 aliphatic heterocycles.